The Morgan fingerprint density at radius 2 is 1.65 bits per heavy atom. The maximum Gasteiger partial charge on any atom is 0.243 e. The van der Waals surface area contributed by atoms with Gasteiger partial charge in [0.2, 0.25) is 10.0 Å². The van der Waals surface area contributed by atoms with Crippen molar-refractivity contribution in [1.29, 1.82) is 0 Å². The van der Waals surface area contributed by atoms with Gasteiger partial charge in [0.1, 0.15) is 0 Å². The molecule has 1 aliphatic carbocycles. The fourth-order valence-corrected chi connectivity index (χ4v) is 6.54. The lowest BCUT2D eigenvalue weighted by Crippen LogP contribution is -2.46. The van der Waals surface area contributed by atoms with Crippen molar-refractivity contribution in [3.63, 3.8) is 0 Å². The van der Waals surface area contributed by atoms with Crippen molar-refractivity contribution < 1.29 is 17.2 Å². The van der Waals surface area contributed by atoms with Gasteiger partial charge in [-0.05, 0) is 56.3 Å². The van der Waals surface area contributed by atoms with Gasteiger partial charge >= 0.3 is 0 Å². The number of hydrogen-bond donors (Lipinski definition) is 0. The highest BCUT2D eigenvalue weighted by Gasteiger charge is 2.44. The molecule has 1 saturated carbocycles. The van der Waals surface area contributed by atoms with E-state index in [0.29, 0.717) is 25.0 Å². The molecule has 2 heterocycles. The van der Waals surface area contributed by atoms with Crippen LogP contribution in [0.2, 0.25) is 0 Å². The van der Waals surface area contributed by atoms with Gasteiger partial charge in [0.25, 0.3) is 0 Å². The SMILES string of the molecule is O=S(=O)(c1ccc(F)c(F)c1)N1C[C@@H]2CCCCN(C3CCCC3)[C@@H]2C1. The Bertz CT molecular complexity index is 765. The molecule has 3 fully saturated rings. The Kier molecular flexibility index (Phi) is 5.05. The van der Waals surface area contributed by atoms with Gasteiger partial charge in [-0.3, -0.25) is 4.90 Å². The Labute approximate surface area is 154 Å². The molecular weight excluding hydrogens is 358 g/mol. The van der Waals surface area contributed by atoms with Gasteiger partial charge < -0.3 is 0 Å². The molecule has 7 heteroatoms. The predicted octanol–water partition coefficient (Wildman–Crippen LogP) is 3.38. The zero-order valence-electron chi connectivity index (χ0n) is 14.9. The molecule has 2 aliphatic heterocycles. The summed E-state index contributed by atoms with van der Waals surface area (Å²) in [6.07, 6.45) is 8.28. The molecular formula is C19H26F2N2O2S. The van der Waals surface area contributed by atoms with E-state index in [1.54, 1.807) is 0 Å². The van der Waals surface area contributed by atoms with Gasteiger partial charge in [0, 0.05) is 25.2 Å². The van der Waals surface area contributed by atoms with E-state index in [1.165, 1.54) is 36.4 Å². The van der Waals surface area contributed by atoms with Crippen molar-refractivity contribution in [3.8, 4) is 0 Å². The molecule has 4 rings (SSSR count). The second kappa shape index (κ2) is 7.17. The number of fused-ring (bicyclic) bond motifs is 1. The van der Waals surface area contributed by atoms with Gasteiger partial charge in [-0.2, -0.15) is 4.31 Å². The van der Waals surface area contributed by atoms with E-state index in [4.69, 9.17) is 0 Å². The van der Waals surface area contributed by atoms with Crippen molar-refractivity contribution >= 4 is 10.0 Å². The Balaban J connectivity index is 1.58. The molecule has 1 aromatic rings. The number of halogens is 2. The molecule has 0 radical (unpaired) electrons. The molecule has 144 valence electrons. The van der Waals surface area contributed by atoms with Crippen LogP contribution in [-0.2, 0) is 10.0 Å². The van der Waals surface area contributed by atoms with Gasteiger partial charge in [-0.1, -0.05) is 19.3 Å². The first-order valence-electron chi connectivity index (χ1n) is 9.68. The van der Waals surface area contributed by atoms with Crippen LogP contribution in [0.3, 0.4) is 0 Å². The molecule has 0 spiro atoms. The van der Waals surface area contributed by atoms with E-state index in [2.05, 4.69) is 4.90 Å². The highest BCUT2D eigenvalue weighted by molar-refractivity contribution is 7.89. The summed E-state index contributed by atoms with van der Waals surface area (Å²) in [7, 11) is -3.80. The van der Waals surface area contributed by atoms with Gasteiger partial charge in [-0.15, -0.1) is 0 Å². The Morgan fingerprint density at radius 3 is 2.38 bits per heavy atom. The number of likely N-dealkylation sites (tertiary alicyclic amines) is 1. The van der Waals surface area contributed by atoms with Crippen LogP contribution in [-0.4, -0.2) is 49.3 Å². The van der Waals surface area contributed by atoms with Crippen LogP contribution in [0.25, 0.3) is 0 Å². The number of nitrogens with zero attached hydrogens (tertiary/aromatic N) is 2. The second-order valence-electron chi connectivity index (χ2n) is 7.90. The number of benzene rings is 1. The standard InChI is InChI=1S/C19H26F2N2O2S/c20-17-9-8-16(11-18(17)21)26(24,25)22-12-14-5-3-4-10-23(19(14)13-22)15-6-1-2-7-15/h8-9,11,14-15,19H,1-7,10,12-13H2/t14-,19+/m0/s1. The molecule has 26 heavy (non-hydrogen) atoms. The third-order valence-corrected chi connectivity index (χ3v) is 8.19. The molecule has 0 amide bonds. The summed E-state index contributed by atoms with van der Waals surface area (Å²) in [4.78, 5) is 2.41. The van der Waals surface area contributed by atoms with E-state index in [1.807, 2.05) is 0 Å². The van der Waals surface area contributed by atoms with Crippen molar-refractivity contribution in [2.24, 2.45) is 5.92 Å². The van der Waals surface area contributed by atoms with Crippen molar-refractivity contribution in [2.45, 2.75) is 61.9 Å². The maximum absolute atomic E-state index is 13.5. The fraction of sp³-hybridized carbons (Fsp3) is 0.684. The average molecular weight is 384 g/mol. The molecule has 0 aromatic heterocycles. The van der Waals surface area contributed by atoms with Crippen LogP contribution in [0, 0.1) is 17.6 Å². The molecule has 1 aromatic carbocycles. The molecule has 2 atom stereocenters. The monoisotopic (exact) mass is 384 g/mol. The third kappa shape index (κ3) is 3.29. The van der Waals surface area contributed by atoms with Gasteiger partial charge in [0.15, 0.2) is 11.6 Å². The maximum atomic E-state index is 13.5. The lowest BCUT2D eigenvalue weighted by atomic mass is 9.97. The first kappa shape index (κ1) is 18.3. The van der Waals surface area contributed by atoms with E-state index in [9.17, 15) is 17.2 Å². The highest BCUT2D eigenvalue weighted by Crippen LogP contribution is 2.37. The lowest BCUT2D eigenvalue weighted by Gasteiger charge is -2.35. The zero-order chi connectivity index (χ0) is 18.3. The van der Waals surface area contributed by atoms with Crippen molar-refractivity contribution in [2.75, 3.05) is 19.6 Å². The molecule has 2 saturated heterocycles. The summed E-state index contributed by atoms with van der Waals surface area (Å²) in [5, 5.41) is 0. The van der Waals surface area contributed by atoms with Crippen molar-refractivity contribution in [1.82, 2.24) is 9.21 Å². The first-order valence-corrected chi connectivity index (χ1v) is 11.1. The van der Waals surface area contributed by atoms with Crippen LogP contribution in [0.5, 0.6) is 0 Å². The summed E-state index contributed by atoms with van der Waals surface area (Å²) in [6, 6.07) is 3.68. The summed E-state index contributed by atoms with van der Waals surface area (Å²) in [5.41, 5.74) is 0. The number of sulfonamides is 1. The lowest BCUT2D eigenvalue weighted by molar-refractivity contribution is 0.127. The zero-order valence-corrected chi connectivity index (χ0v) is 15.7. The van der Waals surface area contributed by atoms with Crippen LogP contribution < -0.4 is 0 Å². The van der Waals surface area contributed by atoms with E-state index < -0.39 is 21.7 Å². The molecule has 3 aliphatic rings. The second-order valence-corrected chi connectivity index (χ2v) is 9.84. The third-order valence-electron chi connectivity index (χ3n) is 6.36. The minimum absolute atomic E-state index is 0.153. The quantitative estimate of drug-likeness (QED) is 0.802. The molecule has 0 N–H and O–H groups in total. The van der Waals surface area contributed by atoms with Gasteiger partial charge in [0.05, 0.1) is 4.90 Å². The minimum atomic E-state index is -3.80. The summed E-state index contributed by atoms with van der Waals surface area (Å²) < 4.78 is 54.2. The smallest absolute Gasteiger partial charge is 0.243 e. The van der Waals surface area contributed by atoms with E-state index in [-0.39, 0.29) is 10.9 Å². The van der Waals surface area contributed by atoms with Crippen LogP contribution in [0.4, 0.5) is 8.78 Å². The Morgan fingerprint density at radius 1 is 0.923 bits per heavy atom. The summed E-state index contributed by atoms with van der Waals surface area (Å²) in [5.74, 6) is -1.81. The molecule has 0 unspecified atom stereocenters. The first-order chi connectivity index (χ1) is 12.5. The fourth-order valence-electron chi connectivity index (χ4n) is 5.01. The van der Waals surface area contributed by atoms with Gasteiger partial charge in [-0.25, -0.2) is 17.2 Å². The largest absolute Gasteiger partial charge is 0.296 e. The molecule has 4 nitrogen and oxygen atoms in total. The summed E-state index contributed by atoms with van der Waals surface area (Å²) >= 11 is 0. The normalized spacial score (nSPS) is 29.0. The Hall–Kier alpha value is -1.05. The molecule has 0 bridgehead atoms. The summed E-state index contributed by atoms with van der Waals surface area (Å²) in [6.45, 7) is 1.99. The van der Waals surface area contributed by atoms with Crippen LogP contribution >= 0.6 is 0 Å². The van der Waals surface area contributed by atoms with Crippen LogP contribution in [0.15, 0.2) is 23.1 Å². The predicted molar refractivity (Wildman–Crippen MR) is 95.2 cm³/mol. The van der Waals surface area contributed by atoms with E-state index in [0.717, 1.165) is 37.6 Å². The number of hydrogen-bond acceptors (Lipinski definition) is 3. The van der Waals surface area contributed by atoms with Crippen LogP contribution in [0.1, 0.15) is 44.9 Å². The average Bonchev–Trinajstić information content (AvgIpc) is 3.25. The minimum Gasteiger partial charge on any atom is -0.296 e. The van der Waals surface area contributed by atoms with Crippen molar-refractivity contribution in [3.05, 3.63) is 29.8 Å². The van der Waals surface area contributed by atoms with E-state index >= 15 is 0 Å². The topological polar surface area (TPSA) is 40.6 Å². The number of rotatable bonds is 3. The highest BCUT2D eigenvalue weighted by atomic mass is 32.2.